The maximum Gasteiger partial charge on any atom is 0.338 e. The minimum atomic E-state index is -0.528. The standard InChI is InChI=1S/C18H24N4O3/c1-3-22-16-9-8-13(10-15(16)20-21-22)18(24)25-11-17(23)19-14-7-5-4-6-12(14)2/h8-10,12,14H,3-7,11H2,1-2H3,(H,19,23)/t12-,14+/m0/s1. The monoisotopic (exact) mass is 344 g/mol. The number of carbonyl (C=O) groups is 2. The van der Waals surface area contributed by atoms with E-state index in [0.717, 1.165) is 24.8 Å². The first-order valence-corrected chi connectivity index (χ1v) is 8.88. The number of fused-ring (bicyclic) bond motifs is 1. The Morgan fingerprint density at radius 3 is 2.88 bits per heavy atom. The highest BCUT2D eigenvalue weighted by molar-refractivity contribution is 5.94. The first-order valence-electron chi connectivity index (χ1n) is 8.88. The van der Waals surface area contributed by atoms with Gasteiger partial charge in [0.25, 0.3) is 5.91 Å². The van der Waals surface area contributed by atoms with E-state index in [4.69, 9.17) is 4.74 Å². The van der Waals surface area contributed by atoms with Crippen LogP contribution >= 0.6 is 0 Å². The van der Waals surface area contributed by atoms with Crippen molar-refractivity contribution in [1.82, 2.24) is 20.3 Å². The number of carbonyl (C=O) groups excluding carboxylic acids is 2. The molecule has 1 fully saturated rings. The molecule has 1 amide bonds. The molecule has 1 N–H and O–H groups in total. The Kier molecular flexibility index (Phi) is 5.31. The van der Waals surface area contributed by atoms with Crippen LogP contribution in [0.1, 0.15) is 49.9 Å². The highest BCUT2D eigenvalue weighted by atomic mass is 16.5. The van der Waals surface area contributed by atoms with E-state index in [1.54, 1.807) is 22.9 Å². The predicted molar refractivity (Wildman–Crippen MR) is 93.0 cm³/mol. The Bertz CT molecular complexity index is 771. The summed E-state index contributed by atoms with van der Waals surface area (Å²) >= 11 is 0. The number of ether oxygens (including phenoxy) is 1. The summed E-state index contributed by atoms with van der Waals surface area (Å²) < 4.78 is 6.90. The van der Waals surface area contributed by atoms with Gasteiger partial charge in [-0.05, 0) is 43.9 Å². The molecule has 0 spiro atoms. The fourth-order valence-electron chi connectivity index (χ4n) is 3.33. The summed E-state index contributed by atoms with van der Waals surface area (Å²) in [5.74, 6) is -0.304. The summed E-state index contributed by atoms with van der Waals surface area (Å²) in [6, 6.07) is 5.28. The fraction of sp³-hybridized carbons (Fsp3) is 0.556. The molecule has 1 heterocycles. The van der Waals surface area contributed by atoms with Gasteiger partial charge in [-0.2, -0.15) is 0 Å². The van der Waals surface area contributed by atoms with E-state index in [2.05, 4.69) is 22.6 Å². The van der Waals surface area contributed by atoms with Gasteiger partial charge in [-0.15, -0.1) is 5.10 Å². The Labute approximate surface area is 146 Å². The third-order valence-corrected chi connectivity index (χ3v) is 4.84. The Hall–Kier alpha value is -2.44. The SMILES string of the molecule is CCn1nnc2cc(C(=O)OCC(=O)N[C@@H]3CCCC[C@@H]3C)ccc21. The number of nitrogens with one attached hydrogen (secondary N) is 1. The van der Waals surface area contributed by atoms with Crippen LogP contribution in [0.2, 0.25) is 0 Å². The summed E-state index contributed by atoms with van der Waals surface area (Å²) in [5, 5.41) is 11.0. The maximum absolute atomic E-state index is 12.2. The van der Waals surface area contributed by atoms with Crippen LogP contribution in [0.15, 0.2) is 18.2 Å². The van der Waals surface area contributed by atoms with Gasteiger partial charge >= 0.3 is 5.97 Å². The van der Waals surface area contributed by atoms with E-state index in [-0.39, 0.29) is 18.6 Å². The predicted octanol–water partition coefficient (Wildman–Crippen LogP) is 2.30. The van der Waals surface area contributed by atoms with Gasteiger partial charge in [0.1, 0.15) is 5.52 Å². The summed E-state index contributed by atoms with van der Waals surface area (Å²) in [4.78, 5) is 24.2. The molecule has 1 saturated carbocycles. The molecule has 0 aliphatic heterocycles. The smallest absolute Gasteiger partial charge is 0.338 e. The molecule has 2 aromatic rings. The van der Waals surface area contributed by atoms with E-state index in [0.29, 0.717) is 23.5 Å². The van der Waals surface area contributed by atoms with Crippen molar-refractivity contribution in [3.8, 4) is 0 Å². The number of nitrogens with zero attached hydrogens (tertiary/aromatic N) is 3. The number of hydrogen-bond donors (Lipinski definition) is 1. The molecular formula is C18H24N4O3. The second-order valence-electron chi connectivity index (χ2n) is 6.62. The maximum atomic E-state index is 12.2. The minimum Gasteiger partial charge on any atom is -0.452 e. The quantitative estimate of drug-likeness (QED) is 0.841. The van der Waals surface area contributed by atoms with Crippen LogP contribution in [0.4, 0.5) is 0 Å². The van der Waals surface area contributed by atoms with Crippen molar-refractivity contribution in [2.24, 2.45) is 5.92 Å². The molecule has 2 atom stereocenters. The zero-order chi connectivity index (χ0) is 17.8. The fourth-order valence-corrected chi connectivity index (χ4v) is 3.33. The van der Waals surface area contributed by atoms with E-state index >= 15 is 0 Å². The molecule has 0 bridgehead atoms. The molecule has 0 unspecified atom stereocenters. The van der Waals surface area contributed by atoms with E-state index < -0.39 is 5.97 Å². The number of hydrogen-bond acceptors (Lipinski definition) is 5. The molecule has 1 aliphatic rings. The summed E-state index contributed by atoms with van der Waals surface area (Å²) in [5.41, 5.74) is 1.87. The van der Waals surface area contributed by atoms with Gasteiger partial charge in [0, 0.05) is 12.6 Å². The molecule has 0 saturated heterocycles. The van der Waals surface area contributed by atoms with Crippen LogP contribution < -0.4 is 5.32 Å². The molecule has 1 aromatic heterocycles. The first-order chi connectivity index (χ1) is 12.1. The van der Waals surface area contributed by atoms with Gasteiger partial charge < -0.3 is 10.1 Å². The topological polar surface area (TPSA) is 86.1 Å². The van der Waals surface area contributed by atoms with Gasteiger partial charge in [-0.25, -0.2) is 9.48 Å². The van der Waals surface area contributed by atoms with Gasteiger partial charge in [0.2, 0.25) is 0 Å². The molecule has 3 rings (SSSR count). The van der Waals surface area contributed by atoms with Crippen molar-refractivity contribution in [1.29, 1.82) is 0 Å². The van der Waals surface area contributed by atoms with Gasteiger partial charge in [0.05, 0.1) is 11.1 Å². The molecule has 7 nitrogen and oxygen atoms in total. The highest BCUT2D eigenvalue weighted by Crippen LogP contribution is 2.23. The molecular weight excluding hydrogens is 320 g/mol. The van der Waals surface area contributed by atoms with Gasteiger partial charge in [-0.1, -0.05) is 25.0 Å². The van der Waals surface area contributed by atoms with Crippen molar-refractivity contribution in [3.05, 3.63) is 23.8 Å². The number of benzene rings is 1. The second-order valence-corrected chi connectivity index (χ2v) is 6.62. The molecule has 1 aliphatic carbocycles. The average molecular weight is 344 g/mol. The third-order valence-electron chi connectivity index (χ3n) is 4.84. The number of aryl methyl sites for hydroxylation is 1. The van der Waals surface area contributed by atoms with Gasteiger partial charge in [0.15, 0.2) is 6.61 Å². The normalized spacial score (nSPS) is 20.4. The molecule has 134 valence electrons. The average Bonchev–Trinajstić information content (AvgIpc) is 3.04. The third kappa shape index (κ3) is 3.97. The van der Waals surface area contributed by atoms with E-state index in [9.17, 15) is 9.59 Å². The van der Waals surface area contributed by atoms with Crippen molar-refractivity contribution in [2.75, 3.05) is 6.61 Å². The zero-order valence-electron chi connectivity index (χ0n) is 14.7. The largest absolute Gasteiger partial charge is 0.452 e. The highest BCUT2D eigenvalue weighted by Gasteiger charge is 2.23. The lowest BCUT2D eigenvalue weighted by Gasteiger charge is -2.29. The van der Waals surface area contributed by atoms with Crippen LogP contribution in [0.5, 0.6) is 0 Å². The summed E-state index contributed by atoms with van der Waals surface area (Å²) in [6.07, 6.45) is 4.47. The second kappa shape index (κ2) is 7.63. The van der Waals surface area contributed by atoms with Crippen LogP contribution in [-0.4, -0.2) is 39.5 Å². The Morgan fingerprint density at radius 2 is 2.12 bits per heavy atom. The van der Waals surface area contributed by atoms with E-state index in [1.807, 2.05) is 6.92 Å². The summed E-state index contributed by atoms with van der Waals surface area (Å²) in [7, 11) is 0. The molecule has 25 heavy (non-hydrogen) atoms. The van der Waals surface area contributed by atoms with Crippen molar-refractivity contribution in [3.63, 3.8) is 0 Å². The van der Waals surface area contributed by atoms with Crippen LogP contribution in [0.25, 0.3) is 11.0 Å². The van der Waals surface area contributed by atoms with E-state index in [1.165, 1.54) is 6.42 Å². The Balaban J connectivity index is 1.56. The van der Waals surface area contributed by atoms with Crippen LogP contribution in [0.3, 0.4) is 0 Å². The zero-order valence-corrected chi connectivity index (χ0v) is 14.7. The molecule has 7 heteroatoms. The van der Waals surface area contributed by atoms with Crippen molar-refractivity contribution >= 4 is 22.9 Å². The number of aromatic nitrogens is 3. The lowest BCUT2D eigenvalue weighted by Crippen LogP contribution is -2.42. The van der Waals surface area contributed by atoms with Crippen molar-refractivity contribution < 1.29 is 14.3 Å². The van der Waals surface area contributed by atoms with Crippen LogP contribution in [-0.2, 0) is 16.1 Å². The lowest BCUT2D eigenvalue weighted by atomic mass is 9.86. The number of esters is 1. The number of rotatable bonds is 5. The minimum absolute atomic E-state index is 0.181. The Morgan fingerprint density at radius 1 is 1.32 bits per heavy atom. The van der Waals surface area contributed by atoms with Crippen molar-refractivity contribution in [2.45, 2.75) is 52.1 Å². The molecule has 1 aromatic carbocycles. The number of amides is 1. The summed E-state index contributed by atoms with van der Waals surface area (Å²) in [6.45, 7) is 4.57. The first kappa shape index (κ1) is 17.4. The van der Waals surface area contributed by atoms with Crippen LogP contribution in [0, 0.1) is 5.92 Å². The molecule has 0 radical (unpaired) electrons. The van der Waals surface area contributed by atoms with Gasteiger partial charge in [-0.3, -0.25) is 4.79 Å². The lowest BCUT2D eigenvalue weighted by molar-refractivity contribution is -0.125.